The maximum absolute atomic E-state index is 13.4. The lowest BCUT2D eigenvalue weighted by Gasteiger charge is -2.18. The zero-order chi connectivity index (χ0) is 16.8. The Labute approximate surface area is 128 Å². The minimum Gasteiger partial charge on any atom is -0.354 e. The van der Waals surface area contributed by atoms with E-state index in [1.165, 1.54) is 0 Å². The molecule has 0 saturated heterocycles. The first-order chi connectivity index (χ1) is 10.2. The normalized spacial score (nSPS) is 11.1. The Kier molecular flexibility index (Phi) is 6.42. The molecule has 0 atom stereocenters. The first kappa shape index (κ1) is 18.0. The van der Waals surface area contributed by atoms with E-state index < -0.39 is 23.1 Å². The van der Waals surface area contributed by atoms with Gasteiger partial charge in [0.05, 0.1) is 5.56 Å². The molecule has 0 spiro atoms. The fourth-order valence-corrected chi connectivity index (χ4v) is 1.63. The molecule has 1 aromatic rings. The van der Waals surface area contributed by atoms with E-state index >= 15 is 0 Å². The summed E-state index contributed by atoms with van der Waals surface area (Å²) >= 11 is 0. The van der Waals surface area contributed by atoms with Crippen LogP contribution in [-0.2, 0) is 4.79 Å². The van der Waals surface area contributed by atoms with Crippen molar-refractivity contribution in [3.05, 3.63) is 35.4 Å². The number of amides is 2. The second kappa shape index (κ2) is 7.84. The molecule has 4 N–H and O–H groups in total. The Morgan fingerprint density at radius 1 is 1.23 bits per heavy atom. The highest BCUT2D eigenvalue weighted by molar-refractivity contribution is 5.94. The number of rotatable bonds is 7. The average Bonchev–Trinajstić information content (AvgIpc) is 2.40. The van der Waals surface area contributed by atoms with Crippen molar-refractivity contribution in [2.75, 3.05) is 13.1 Å². The number of halogens is 2. The molecule has 0 fully saturated rings. The van der Waals surface area contributed by atoms with Gasteiger partial charge in [0.25, 0.3) is 5.91 Å². The molecule has 0 aliphatic rings. The molecule has 1 rings (SSSR count). The molecular weight excluding hydrogens is 292 g/mol. The molecule has 122 valence electrons. The van der Waals surface area contributed by atoms with Crippen molar-refractivity contribution >= 4 is 11.8 Å². The van der Waals surface area contributed by atoms with E-state index in [1.54, 1.807) is 13.8 Å². The van der Waals surface area contributed by atoms with Gasteiger partial charge in [-0.15, -0.1) is 0 Å². The van der Waals surface area contributed by atoms with Crippen LogP contribution in [0.2, 0.25) is 0 Å². The van der Waals surface area contributed by atoms with Gasteiger partial charge < -0.3 is 16.4 Å². The lowest BCUT2D eigenvalue weighted by atomic mass is 10.1. The first-order valence-corrected chi connectivity index (χ1v) is 6.98. The third-order valence-corrected chi connectivity index (χ3v) is 2.78. The molecule has 0 aliphatic heterocycles. The van der Waals surface area contributed by atoms with Crippen molar-refractivity contribution in [3.63, 3.8) is 0 Å². The summed E-state index contributed by atoms with van der Waals surface area (Å²) in [5.74, 6) is -2.46. The second-order valence-electron chi connectivity index (χ2n) is 5.75. The van der Waals surface area contributed by atoms with Crippen molar-refractivity contribution in [1.82, 2.24) is 10.6 Å². The lowest BCUT2D eigenvalue weighted by molar-refractivity contribution is -0.121. The highest BCUT2D eigenvalue weighted by atomic mass is 19.1. The van der Waals surface area contributed by atoms with Crippen LogP contribution in [0.3, 0.4) is 0 Å². The van der Waals surface area contributed by atoms with Gasteiger partial charge in [0.1, 0.15) is 11.6 Å². The molecule has 5 nitrogen and oxygen atoms in total. The Hall–Kier alpha value is -2.02. The minimum absolute atomic E-state index is 0.166. The summed E-state index contributed by atoms with van der Waals surface area (Å²) in [5, 5.41) is 5.16. The molecule has 2 amide bonds. The van der Waals surface area contributed by atoms with E-state index in [9.17, 15) is 18.4 Å². The third-order valence-electron chi connectivity index (χ3n) is 2.78. The SMILES string of the molecule is CC(C)(N)CNC(=O)CCCNC(=O)c1ccc(F)cc1F. The summed E-state index contributed by atoms with van der Waals surface area (Å²) in [7, 11) is 0. The van der Waals surface area contributed by atoms with Crippen molar-refractivity contribution in [2.45, 2.75) is 32.2 Å². The monoisotopic (exact) mass is 313 g/mol. The van der Waals surface area contributed by atoms with Crippen LogP contribution >= 0.6 is 0 Å². The van der Waals surface area contributed by atoms with E-state index in [4.69, 9.17) is 5.73 Å². The summed E-state index contributed by atoms with van der Waals surface area (Å²) in [6.45, 7) is 4.17. The molecule has 0 saturated carbocycles. The Bertz CT molecular complexity index is 542. The summed E-state index contributed by atoms with van der Waals surface area (Å²) in [4.78, 5) is 23.2. The summed E-state index contributed by atoms with van der Waals surface area (Å²) in [6.07, 6.45) is 0.633. The molecule has 0 heterocycles. The molecule has 0 aromatic heterocycles. The second-order valence-corrected chi connectivity index (χ2v) is 5.75. The van der Waals surface area contributed by atoms with Gasteiger partial charge in [-0.25, -0.2) is 8.78 Å². The van der Waals surface area contributed by atoms with Crippen LogP contribution in [0.25, 0.3) is 0 Å². The number of nitrogens with one attached hydrogen (secondary N) is 2. The highest BCUT2D eigenvalue weighted by Crippen LogP contribution is 2.09. The zero-order valence-corrected chi connectivity index (χ0v) is 12.7. The number of hydrogen-bond acceptors (Lipinski definition) is 3. The van der Waals surface area contributed by atoms with Gasteiger partial charge in [-0.05, 0) is 32.4 Å². The fraction of sp³-hybridized carbons (Fsp3) is 0.467. The van der Waals surface area contributed by atoms with Crippen LogP contribution < -0.4 is 16.4 Å². The van der Waals surface area contributed by atoms with Crippen molar-refractivity contribution < 1.29 is 18.4 Å². The molecule has 0 radical (unpaired) electrons. The van der Waals surface area contributed by atoms with E-state index in [0.717, 1.165) is 12.1 Å². The molecule has 22 heavy (non-hydrogen) atoms. The Balaban J connectivity index is 2.29. The quantitative estimate of drug-likeness (QED) is 0.664. The van der Waals surface area contributed by atoms with Crippen molar-refractivity contribution in [1.29, 1.82) is 0 Å². The number of carbonyl (C=O) groups is 2. The standard InChI is InChI=1S/C15H21F2N3O2/c1-15(2,18)9-20-13(21)4-3-7-19-14(22)11-6-5-10(16)8-12(11)17/h5-6,8H,3-4,7,9,18H2,1-2H3,(H,19,22)(H,20,21). The topological polar surface area (TPSA) is 84.2 Å². The van der Waals surface area contributed by atoms with Gasteiger partial charge >= 0.3 is 0 Å². The number of carbonyl (C=O) groups excluding carboxylic acids is 2. The molecule has 7 heteroatoms. The van der Waals surface area contributed by atoms with Gasteiger partial charge in [0.15, 0.2) is 0 Å². The van der Waals surface area contributed by atoms with Crippen LogP contribution in [0.15, 0.2) is 18.2 Å². The van der Waals surface area contributed by atoms with Gasteiger partial charge in [-0.3, -0.25) is 9.59 Å². The third kappa shape index (κ3) is 6.62. The van der Waals surface area contributed by atoms with E-state index in [-0.39, 0.29) is 24.4 Å². The molecular formula is C15H21F2N3O2. The predicted molar refractivity (Wildman–Crippen MR) is 79.2 cm³/mol. The van der Waals surface area contributed by atoms with Gasteiger partial charge in [-0.1, -0.05) is 0 Å². The molecule has 0 unspecified atom stereocenters. The predicted octanol–water partition coefficient (Wildman–Crippen LogP) is 1.33. The van der Waals surface area contributed by atoms with Crippen LogP contribution in [0.4, 0.5) is 8.78 Å². The summed E-state index contributed by atoms with van der Waals surface area (Å²) < 4.78 is 26.1. The van der Waals surface area contributed by atoms with E-state index in [0.29, 0.717) is 19.0 Å². The number of hydrogen-bond donors (Lipinski definition) is 3. The van der Waals surface area contributed by atoms with Crippen molar-refractivity contribution in [3.8, 4) is 0 Å². The Morgan fingerprint density at radius 2 is 1.91 bits per heavy atom. The van der Waals surface area contributed by atoms with Gasteiger partial charge in [0, 0.05) is 31.1 Å². The first-order valence-electron chi connectivity index (χ1n) is 6.98. The van der Waals surface area contributed by atoms with Crippen LogP contribution in [0.5, 0.6) is 0 Å². The lowest BCUT2D eigenvalue weighted by Crippen LogP contribution is -2.45. The minimum atomic E-state index is -0.916. The summed E-state index contributed by atoms with van der Waals surface area (Å²) in [6, 6.07) is 2.74. The van der Waals surface area contributed by atoms with E-state index in [2.05, 4.69) is 10.6 Å². The van der Waals surface area contributed by atoms with Crippen LogP contribution in [0.1, 0.15) is 37.0 Å². The average molecular weight is 313 g/mol. The van der Waals surface area contributed by atoms with Crippen LogP contribution in [-0.4, -0.2) is 30.4 Å². The smallest absolute Gasteiger partial charge is 0.254 e. The van der Waals surface area contributed by atoms with Gasteiger partial charge in [-0.2, -0.15) is 0 Å². The van der Waals surface area contributed by atoms with E-state index in [1.807, 2.05) is 0 Å². The van der Waals surface area contributed by atoms with Crippen LogP contribution in [0, 0.1) is 11.6 Å². The summed E-state index contributed by atoms with van der Waals surface area (Å²) in [5.41, 5.74) is 5.03. The fourth-order valence-electron chi connectivity index (χ4n) is 1.63. The Morgan fingerprint density at radius 3 is 2.50 bits per heavy atom. The number of benzene rings is 1. The van der Waals surface area contributed by atoms with Crippen molar-refractivity contribution in [2.24, 2.45) is 5.73 Å². The van der Waals surface area contributed by atoms with Gasteiger partial charge in [0.2, 0.25) is 5.91 Å². The largest absolute Gasteiger partial charge is 0.354 e. The highest BCUT2D eigenvalue weighted by Gasteiger charge is 2.13. The maximum atomic E-state index is 13.4. The maximum Gasteiger partial charge on any atom is 0.254 e. The zero-order valence-electron chi connectivity index (χ0n) is 12.7. The number of nitrogens with two attached hydrogens (primary N) is 1. The molecule has 0 bridgehead atoms. The molecule has 0 aliphatic carbocycles. The molecule has 1 aromatic carbocycles.